The number of rotatable bonds is 5. The van der Waals surface area contributed by atoms with Gasteiger partial charge in [-0.05, 0) is 43.7 Å². The van der Waals surface area contributed by atoms with Crippen molar-refractivity contribution in [3.8, 4) is 5.75 Å². The van der Waals surface area contributed by atoms with Gasteiger partial charge in [-0.2, -0.15) is 0 Å². The third-order valence-electron chi connectivity index (χ3n) is 2.85. The van der Waals surface area contributed by atoms with Crippen LogP contribution >= 0.6 is 0 Å². The Hall–Kier alpha value is -1.09. The summed E-state index contributed by atoms with van der Waals surface area (Å²) in [6.07, 6.45) is 4.98. The van der Waals surface area contributed by atoms with E-state index in [1.54, 1.807) is 6.20 Å². The molecule has 18 heavy (non-hydrogen) atoms. The van der Waals surface area contributed by atoms with Gasteiger partial charge in [-0.15, -0.1) is 0 Å². The van der Waals surface area contributed by atoms with E-state index in [2.05, 4.69) is 4.98 Å². The highest BCUT2D eigenvalue weighted by Crippen LogP contribution is 2.23. The fourth-order valence-corrected chi connectivity index (χ4v) is 1.67. The molecule has 0 saturated heterocycles. The van der Waals surface area contributed by atoms with E-state index in [9.17, 15) is 5.11 Å². The lowest BCUT2D eigenvalue weighted by molar-refractivity contribution is 0.0559. The van der Waals surface area contributed by atoms with E-state index < -0.39 is 0 Å². The molecular weight excluding hydrogens is 226 g/mol. The van der Waals surface area contributed by atoms with Gasteiger partial charge in [-0.3, -0.25) is 4.98 Å². The van der Waals surface area contributed by atoms with Crippen LogP contribution in [0.15, 0.2) is 18.5 Å². The molecule has 1 aromatic rings. The van der Waals surface area contributed by atoms with E-state index in [-0.39, 0.29) is 17.6 Å². The Morgan fingerprint density at radius 1 is 1.28 bits per heavy atom. The van der Waals surface area contributed by atoms with E-state index in [4.69, 9.17) is 4.74 Å². The van der Waals surface area contributed by atoms with Crippen molar-refractivity contribution >= 4 is 0 Å². The summed E-state index contributed by atoms with van der Waals surface area (Å²) in [5, 5.41) is 10.0. The summed E-state index contributed by atoms with van der Waals surface area (Å²) in [7, 11) is 0. The Bertz CT molecular complexity index is 369. The number of ether oxygens (including phenoxy) is 1. The van der Waals surface area contributed by atoms with Crippen LogP contribution in [0.25, 0.3) is 0 Å². The van der Waals surface area contributed by atoms with Gasteiger partial charge in [-0.1, -0.05) is 20.8 Å². The molecule has 0 amide bonds. The van der Waals surface area contributed by atoms with Crippen LogP contribution in [0.5, 0.6) is 5.75 Å². The Morgan fingerprint density at radius 3 is 2.50 bits per heavy atom. The Kier molecular flexibility index (Phi) is 5.15. The van der Waals surface area contributed by atoms with Crippen LogP contribution in [0.4, 0.5) is 0 Å². The van der Waals surface area contributed by atoms with E-state index in [1.807, 2.05) is 46.9 Å². The smallest absolute Gasteiger partial charge is 0.138 e. The average Bonchev–Trinajstić information content (AvgIpc) is 2.24. The Morgan fingerprint density at radius 2 is 1.94 bits per heavy atom. The molecule has 0 fully saturated rings. The Balaban J connectivity index is 2.57. The van der Waals surface area contributed by atoms with Crippen LogP contribution in [-0.4, -0.2) is 22.3 Å². The third kappa shape index (κ3) is 5.05. The number of hydrogen-bond donors (Lipinski definition) is 1. The molecule has 1 atom stereocenters. The van der Waals surface area contributed by atoms with Gasteiger partial charge in [0.15, 0.2) is 0 Å². The number of hydrogen-bond acceptors (Lipinski definition) is 3. The second-order valence-corrected chi connectivity index (χ2v) is 6.12. The Labute approximate surface area is 110 Å². The molecule has 102 valence electrons. The van der Waals surface area contributed by atoms with Crippen LogP contribution in [-0.2, 0) is 6.42 Å². The number of aliphatic hydroxyl groups is 1. The molecule has 0 aliphatic rings. The van der Waals surface area contributed by atoms with Crippen molar-refractivity contribution in [2.45, 2.75) is 59.7 Å². The van der Waals surface area contributed by atoms with Gasteiger partial charge >= 0.3 is 0 Å². The normalized spacial score (nSPS) is 13.7. The molecule has 1 unspecified atom stereocenters. The minimum atomic E-state index is -0.299. The molecule has 0 aliphatic carbocycles. The predicted octanol–water partition coefficient (Wildman–Crippen LogP) is 3.21. The van der Waals surface area contributed by atoms with Crippen molar-refractivity contribution in [3.05, 3.63) is 24.0 Å². The third-order valence-corrected chi connectivity index (χ3v) is 2.85. The lowest BCUT2D eigenvalue weighted by atomic mass is 9.86. The summed E-state index contributed by atoms with van der Waals surface area (Å²) in [6.45, 7) is 10.1. The van der Waals surface area contributed by atoms with Gasteiger partial charge in [0.05, 0.1) is 18.4 Å². The van der Waals surface area contributed by atoms with Crippen molar-refractivity contribution in [1.82, 2.24) is 4.98 Å². The average molecular weight is 251 g/mol. The van der Waals surface area contributed by atoms with Crippen molar-refractivity contribution in [3.63, 3.8) is 0 Å². The molecule has 0 saturated carbocycles. The molecule has 1 heterocycles. The van der Waals surface area contributed by atoms with Crippen LogP contribution in [0.3, 0.4) is 0 Å². The van der Waals surface area contributed by atoms with Crippen LogP contribution in [0.1, 0.15) is 46.6 Å². The maximum absolute atomic E-state index is 10.0. The molecule has 0 aliphatic heterocycles. The number of aromatic nitrogens is 1. The van der Waals surface area contributed by atoms with E-state index in [1.165, 1.54) is 0 Å². The fourth-order valence-electron chi connectivity index (χ4n) is 1.67. The van der Waals surface area contributed by atoms with Gasteiger partial charge in [-0.25, -0.2) is 0 Å². The fraction of sp³-hybridized carbons (Fsp3) is 0.667. The highest BCUT2D eigenvalue weighted by molar-refractivity contribution is 5.23. The zero-order valence-electron chi connectivity index (χ0n) is 12.1. The molecule has 3 nitrogen and oxygen atoms in total. The predicted molar refractivity (Wildman–Crippen MR) is 73.8 cm³/mol. The highest BCUT2D eigenvalue weighted by atomic mass is 16.5. The van der Waals surface area contributed by atoms with Gasteiger partial charge in [0, 0.05) is 6.20 Å². The first kappa shape index (κ1) is 15.0. The van der Waals surface area contributed by atoms with E-state index in [0.29, 0.717) is 0 Å². The zero-order valence-corrected chi connectivity index (χ0v) is 12.1. The van der Waals surface area contributed by atoms with Gasteiger partial charge in [0.1, 0.15) is 5.75 Å². The van der Waals surface area contributed by atoms with Crippen LogP contribution in [0, 0.1) is 5.41 Å². The van der Waals surface area contributed by atoms with Crippen molar-refractivity contribution < 1.29 is 9.84 Å². The quantitative estimate of drug-likeness (QED) is 0.873. The minimum Gasteiger partial charge on any atom is -0.489 e. The van der Waals surface area contributed by atoms with Gasteiger partial charge in [0.25, 0.3) is 0 Å². The van der Waals surface area contributed by atoms with E-state index >= 15 is 0 Å². The number of aliphatic hydroxyl groups excluding tert-OH is 1. The maximum Gasteiger partial charge on any atom is 0.138 e. The standard InChI is InChI=1S/C15H25NO2/c1-11(2)18-13-8-12(9-16-10-13)6-7-14(17)15(3,4)5/h8-11,14,17H,6-7H2,1-5H3. The summed E-state index contributed by atoms with van der Waals surface area (Å²) < 4.78 is 5.60. The molecule has 0 aromatic carbocycles. The molecule has 0 spiro atoms. The first-order chi connectivity index (χ1) is 8.29. The molecule has 1 aromatic heterocycles. The molecular formula is C15H25NO2. The first-order valence-electron chi connectivity index (χ1n) is 6.57. The second-order valence-electron chi connectivity index (χ2n) is 6.12. The largest absolute Gasteiger partial charge is 0.489 e. The van der Waals surface area contributed by atoms with Gasteiger partial charge < -0.3 is 9.84 Å². The summed E-state index contributed by atoms with van der Waals surface area (Å²) >= 11 is 0. The summed E-state index contributed by atoms with van der Waals surface area (Å²) in [5.74, 6) is 0.799. The second kappa shape index (κ2) is 6.19. The number of nitrogens with zero attached hydrogens (tertiary/aromatic N) is 1. The van der Waals surface area contributed by atoms with Gasteiger partial charge in [0.2, 0.25) is 0 Å². The minimum absolute atomic E-state index is 0.0700. The first-order valence-corrected chi connectivity index (χ1v) is 6.57. The summed E-state index contributed by atoms with van der Waals surface area (Å²) in [4.78, 5) is 4.17. The molecule has 0 radical (unpaired) electrons. The monoisotopic (exact) mass is 251 g/mol. The molecule has 3 heteroatoms. The lowest BCUT2D eigenvalue weighted by Crippen LogP contribution is -2.26. The topological polar surface area (TPSA) is 42.4 Å². The lowest BCUT2D eigenvalue weighted by Gasteiger charge is -2.25. The number of pyridine rings is 1. The van der Waals surface area contributed by atoms with Crippen molar-refractivity contribution in [2.24, 2.45) is 5.41 Å². The van der Waals surface area contributed by atoms with E-state index in [0.717, 1.165) is 24.2 Å². The highest BCUT2D eigenvalue weighted by Gasteiger charge is 2.21. The SMILES string of the molecule is CC(C)Oc1cncc(CCC(O)C(C)(C)C)c1. The van der Waals surface area contributed by atoms with Crippen molar-refractivity contribution in [2.75, 3.05) is 0 Å². The molecule has 1 N–H and O–H groups in total. The number of aryl methyl sites for hydroxylation is 1. The molecule has 0 bridgehead atoms. The molecule has 1 rings (SSSR count). The zero-order chi connectivity index (χ0) is 13.8. The van der Waals surface area contributed by atoms with Crippen LogP contribution < -0.4 is 4.74 Å². The maximum atomic E-state index is 10.0. The van der Waals surface area contributed by atoms with Crippen molar-refractivity contribution in [1.29, 1.82) is 0 Å². The summed E-state index contributed by atoms with van der Waals surface area (Å²) in [6, 6.07) is 2.00. The summed E-state index contributed by atoms with van der Waals surface area (Å²) in [5.41, 5.74) is 1.04. The van der Waals surface area contributed by atoms with Crippen LogP contribution in [0.2, 0.25) is 0 Å².